The Morgan fingerprint density at radius 1 is 0.370 bits per heavy atom. The second-order valence-corrected chi connectivity index (χ2v) is 28.5. The quantitative estimate of drug-likeness (QED) is 0.0318. The van der Waals surface area contributed by atoms with E-state index in [2.05, 4.69) is 19.2 Å². The number of nitrogens with zero attached hydrogens (tertiary/aromatic N) is 1. The van der Waals surface area contributed by atoms with E-state index in [1.54, 1.807) is 0 Å². The van der Waals surface area contributed by atoms with Gasteiger partial charge in [0.2, 0.25) is 5.91 Å². The Balaban J connectivity index is 3.94. The van der Waals surface area contributed by atoms with Crippen LogP contribution < -0.4 is 5.32 Å². The van der Waals surface area contributed by atoms with Crippen molar-refractivity contribution < 1.29 is 32.9 Å². The number of unbranched alkanes of at least 4 members (excludes halogenated alkanes) is 57. The van der Waals surface area contributed by atoms with E-state index in [4.69, 9.17) is 9.05 Å². The number of aliphatic hydroxyl groups is 1. The van der Waals surface area contributed by atoms with Gasteiger partial charge < -0.3 is 19.8 Å². The number of carbonyl (C=O) groups is 1. The summed E-state index contributed by atoms with van der Waals surface area (Å²) in [4.78, 5) is 23.5. The molecule has 81 heavy (non-hydrogen) atoms. The van der Waals surface area contributed by atoms with Crippen LogP contribution in [0.15, 0.2) is 0 Å². The second kappa shape index (κ2) is 64.0. The predicted molar refractivity (Wildman–Crippen MR) is 356 cm³/mol. The van der Waals surface area contributed by atoms with Gasteiger partial charge in [-0.3, -0.25) is 13.8 Å². The number of phosphoric ester groups is 1. The molecule has 3 atom stereocenters. The molecule has 0 aliphatic carbocycles. The molecule has 0 aromatic heterocycles. The highest BCUT2D eigenvalue weighted by atomic mass is 31.2. The van der Waals surface area contributed by atoms with Crippen molar-refractivity contribution >= 4 is 13.7 Å². The Morgan fingerprint density at radius 3 is 0.827 bits per heavy atom. The van der Waals surface area contributed by atoms with Crippen LogP contribution in [-0.2, 0) is 18.4 Å². The van der Waals surface area contributed by atoms with Crippen LogP contribution in [0.1, 0.15) is 406 Å². The van der Waals surface area contributed by atoms with E-state index >= 15 is 0 Å². The lowest BCUT2D eigenvalue weighted by atomic mass is 10.0. The fraction of sp³-hybridized carbons (Fsp3) is 0.986. The number of likely N-dealkylation sites (N-methyl/N-ethyl adjacent to an activating group) is 1. The van der Waals surface area contributed by atoms with Crippen molar-refractivity contribution in [2.24, 2.45) is 0 Å². The summed E-state index contributed by atoms with van der Waals surface area (Å²) < 4.78 is 23.9. The Bertz CT molecular complexity index is 1280. The van der Waals surface area contributed by atoms with E-state index in [1.165, 1.54) is 340 Å². The molecule has 3 N–H and O–H groups in total. The summed E-state index contributed by atoms with van der Waals surface area (Å²) in [5.74, 6) is -0.132. The molecule has 0 bridgehead atoms. The van der Waals surface area contributed by atoms with Crippen molar-refractivity contribution in [2.45, 2.75) is 418 Å². The molecule has 0 saturated heterocycles. The fourth-order valence-electron chi connectivity index (χ4n) is 11.9. The first kappa shape index (κ1) is 80.5. The van der Waals surface area contributed by atoms with Crippen LogP contribution in [0.3, 0.4) is 0 Å². The number of carbonyl (C=O) groups excluding carboxylic acids is 1. The molecule has 486 valence electrons. The highest BCUT2D eigenvalue weighted by molar-refractivity contribution is 7.47. The zero-order chi connectivity index (χ0) is 59.1. The third kappa shape index (κ3) is 66.9. The van der Waals surface area contributed by atoms with Crippen molar-refractivity contribution in [2.75, 3.05) is 40.9 Å². The first-order valence-electron chi connectivity index (χ1n) is 36.9. The summed E-state index contributed by atoms with van der Waals surface area (Å²) in [7, 11) is 1.64. The number of rotatable bonds is 70. The monoisotopic (exact) mass is 1170 g/mol. The Hall–Kier alpha value is -0.500. The molecule has 0 radical (unpaired) electrons. The molecular formula is C72H148N2O6P+. The maximum absolute atomic E-state index is 13.1. The van der Waals surface area contributed by atoms with Gasteiger partial charge in [-0.15, -0.1) is 0 Å². The Morgan fingerprint density at radius 2 is 0.593 bits per heavy atom. The van der Waals surface area contributed by atoms with Crippen LogP contribution >= 0.6 is 7.82 Å². The van der Waals surface area contributed by atoms with Gasteiger partial charge in [0.25, 0.3) is 0 Å². The van der Waals surface area contributed by atoms with E-state index < -0.39 is 20.0 Å². The van der Waals surface area contributed by atoms with Crippen LogP contribution in [0.4, 0.5) is 0 Å². The summed E-state index contributed by atoms with van der Waals surface area (Å²) >= 11 is 0. The molecule has 0 spiro atoms. The lowest BCUT2D eigenvalue weighted by Gasteiger charge is -2.26. The number of nitrogens with one attached hydrogen (secondary N) is 1. The number of aliphatic hydroxyl groups excluding tert-OH is 1. The van der Waals surface area contributed by atoms with Crippen LogP contribution in [-0.4, -0.2) is 73.4 Å². The van der Waals surface area contributed by atoms with E-state index in [-0.39, 0.29) is 19.1 Å². The fourth-order valence-corrected chi connectivity index (χ4v) is 12.6. The first-order chi connectivity index (χ1) is 39.5. The summed E-state index contributed by atoms with van der Waals surface area (Å²) in [6.45, 7) is 4.97. The number of phosphoric acid groups is 1. The van der Waals surface area contributed by atoms with Crippen molar-refractivity contribution in [1.29, 1.82) is 0 Å². The summed E-state index contributed by atoms with van der Waals surface area (Å²) in [6, 6.07) is -0.757. The largest absolute Gasteiger partial charge is 0.472 e. The number of hydrogen-bond donors (Lipinski definition) is 3. The molecule has 3 unspecified atom stereocenters. The van der Waals surface area contributed by atoms with Gasteiger partial charge in [-0.05, 0) is 12.8 Å². The zero-order valence-corrected chi connectivity index (χ0v) is 56.7. The van der Waals surface area contributed by atoms with Crippen molar-refractivity contribution in [3.05, 3.63) is 0 Å². The number of amides is 1. The number of hydrogen-bond acceptors (Lipinski definition) is 5. The predicted octanol–water partition coefficient (Wildman–Crippen LogP) is 23.5. The molecule has 9 heteroatoms. The minimum atomic E-state index is -4.33. The van der Waals surface area contributed by atoms with Gasteiger partial charge in [-0.25, -0.2) is 4.57 Å². The lowest BCUT2D eigenvalue weighted by molar-refractivity contribution is -0.870. The van der Waals surface area contributed by atoms with Crippen LogP contribution in [0, 0.1) is 0 Å². The third-order valence-electron chi connectivity index (χ3n) is 17.6. The molecule has 8 nitrogen and oxygen atoms in total. The highest BCUT2D eigenvalue weighted by Gasteiger charge is 2.28. The van der Waals surface area contributed by atoms with Gasteiger partial charge >= 0.3 is 7.82 Å². The van der Waals surface area contributed by atoms with Gasteiger partial charge in [0.1, 0.15) is 13.2 Å². The summed E-state index contributed by atoms with van der Waals surface area (Å²) in [6.07, 6.45) is 80.8. The van der Waals surface area contributed by atoms with Crippen molar-refractivity contribution in [3.8, 4) is 0 Å². The molecule has 0 saturated carbocycles. The van der Waals surface area contributed by atoms with Crippen LogP contribution in [0.2, 0.25) is 0 Å². The van der Waals surface area contributed by atoms with Crippen LogP contribution in [0.5, 0.6) is 0 Å². The minimum absolute atomic E-state index is 0.0795. The average Bonchev–Trinajstić information content (AvgIpc) is 3.43. The maximum Gasteiger partial charge on any atom is 0.472 e. The SMILES string of the molecule is CCCCCCCCCCCCCCCCCCCCCCCCCCCCCCCCCCCC(=O)NC(COP(=O)(O)OCC[N+](C)(C)C)C(O)CCCCCCCCCCCCCCCCCCCCCCCCCCCC. The van der Waals surface area contributed by atoms with E-state index in [1.807, 2.05) is 21.1 Å². The van der Waals surface area contributed by atoms with Gasteiger partial charge in [0, 0.05) is 6.42 Å². The smallest absolute Gasteiger partial charge is 0.391 e. The molecule has 0 aliphatic rings. The van der Waals surface area contributed by atoms with E-state index in [0.717, 1.165) is 38.5 Å². The second-order valence-electron chi connectivity index (χ2n) is 27.0. The molecule has 0 aromatic carbocycles. The maximum atomic E-state index is 13.1. The van der Waals surface area contributed by atoms with Gasteiger partial charge in [-0.2, -0.15) is 0 Å². The van der Waals surface area contributed by atoms with E-state index in [9.17, 15) is 19.4 Å². The Kier molecular flexibility index (Phi) is 63.6. The Labute approximate surface area is 508 Å². The first-order valence-corrected chi connectivity index (χ1v) is 38.4. The highest BCUT2D eigenvalue weighted by Crippen LogP contribution is 2.43. The molecular weight excluding hydrogens is 1020 g/mol. The summed E-state index contributed by atoms with van der Waals surface area (Å²) in [5.41, 5.74) is 0. The molecule has 0 aliphatic heterocycles. The molecule has 0 heterocycles. The molecule has 1 amide bonds. The standard InChI is InChI=1S/C72H147N2O6P/c1-6-8-10-12-14-16-18-20-22-24-26-28-30-32-34-35-36-37-38-39-40-42-44-46-48-50-52-54-56-58-60-62-64-66-72(76)73-70(69-80-81(77,78)79-68-67-74(3,4)5)71(75)65-63-61-59-57-55-53-51-49-47-45-43-41-33-31-29-27-25-23-21-19-17-15-13-11-9-7-2/h70-71,75H,6-69H2,1-5H3,(H-,73,76,77,78)/p+1. The lowest BCUT2D eigenvalue weighted by Crippen LogP contribution is -2.46. The van der Waals surface area contributed by atoms with E-state index in [0.29, 0.717) is 23.9 Å². The molecule has 0 fully saturated rings. The zero-order valence-electron chi connectivity index (χ0n) is 55.8. The molecule has 0 rings (SSSR count). The third-order valence-corrected chi connectivity index (χ3v) is 18.6. The topological polar surface area (TPSA) is 105 Å². The summed E-state index contributed by atoms with van der Waals surface area (Å²) in [5, 5.41) is 14.2. The van der Waals surface area contributed by atoms with Gasteiger partial charge in [-0.1, -0.05) is 386 Å². The molecule has 0 aromatic rings. The normalized spacial score (nSPS) is 13.5. The van der Waals surface area contributed by atoms with Gasteiger partial charge in [0.15, 0.2) is 0 Å². The van der Waals surface area contributed by atoms with Crippen LogP contribution in [0.25, 0.3) is 0 Å². The average molecular weight is 1170 g/mol. The van der Waals surface area contributed by atoms with Crippen molar-refractivity contribution in [1.82, 2.24) is 5.32 Å². The van der Waals surface area contributed by atoms with Gasteiger partial charge in [0.05, 0.1) is 39.9 Å². The van der Waals surface area contributed by atoms with Crippen molar-refractivity contribution in [3.63, 3.8) is 0 Å². The minimum Gasteiger partial charge on any atom is -0.391 e. The number of quaternary nitrogens is 1.